The zero-order valence-electron chi connectivity index (χ0n) is 14.2. The van der Waals surface area contributed by atoms with E-state index in [0.29, 0.717) is 0 Å². The van der Waals surface area contributed by atoms with E-state index >= 15 is 0 Å². The smallest absolute Gasteiger partial charge is 0.367 e. The lowest BCUT2D eigenvalue weighted by Crippen LogP contribution is -2.19. The molecule has 0 saturated heterocycles. The van der Waals surface area contributed by atoms with E-state index in [1.165, 1.54) is 6.07 Å². The number of anilines is 1. The second kappa shape index (κ2) is 6.91. The van der Waals surface area contributed by atoms with Gasteiger partial charge < -0.3 is 5.32 Å². The molecule has 2 aromatic heterocycles. The molecule has 0 spiro atoms. The van der Waals surface area contributed by atoms with Crippen molar-refractivity contribution in [3.63, 3.8) is 0 Å². The first-order chi connectivity index (χ1) is 12.6. The number of aromatic nitrogens is 4. The van der Waals surface area contributed by atoms with Crippen LogP contribution in [0.5, 0.6) is 0 Å². The number of sulfone groups is 1. The Kier molecular flexibility index (Phi) is 4.93. The molecule has 1 fully saturated rings. The number of alkyl halides is 3. The molecular weight excluding hydrogens is 387 g/mol. The molecule has 3 rings (SSSR count). The van der Waals surface area contributed by atoms with Gasteiger partial charge in [0.1, 0.15) is 5.82 Å². The molecule has 1 aliphatic rings. The Labute approximate surface area is 152 Å². The molecule has 2 aromatic rings. The van der Waals surface area contributed by atoms with Crippen LogP contribution < -0.4 is 5.32 Å². The Morgan fingerprint density at radius 1 is 1.22 bits per heavy atom. The highest BCUT2D eigenvalue weighted by Gasteiger charge is 2.40. The van der Waals surface area contributed by atoms with Crippen molar-refractivity contribution in [2.24, 2.45) is 0 Å². The Morgan fingerprint density at radius 3 is 2.37 bits per heavy atom. The van der Waals surface area contributed by atoms with Crippen molar-refractivity contribution in [3.05, 3.63) is 23.4 Å². The summed E-state index contributed by atoms with van der Waals surface area (Å²) < 4.78 is 63.7. The molecule has 0 atom stereocenters. The first-order valence-electron chi connectivity index (χ1n) is 8.07. The summed E-state index contributed by atoms with van der Waals surface area (Å²) in [6, 6.07) is 2.21. The van der Waals surface area contributed by atoms with Gasteiger partial charge in [0.2, 0.25) is 0 Å². The fourth-order valence-electron chi connectivity index (χ4n) is 2.94. The summed E-state index contributed by atoms with van der Waals surface area (Å²) in [7, 11) is -3.62. The van der Waals surface area contributed by atoms with E-state index in [4.69, 9.17) is 0 Å². The second-order valence-electron chi connectivity index (χ2n) is 6.27. The zero-order chi connectivity index (χ0) is 19.8. The molecule has 8 nitrogen and oxygen atoms in total. The topological polar surface area (TPSA) is 107 Å². The number of rotatable bonds is 5. The van der Waals surface area contributed by atoms with Crippen LogP contribution in [0.25, 0.3) is 5.82 Å². The molecular formula is C15H16F3N5O3S. The number of hydrogen-bond donors (Lipinski definition) is 1. The fourth-order valence-corrected chi connectivity index (χ4v) is 3.45. The zero-order valence-corrected chi connectivity index (χ0v) is 15.0. The third-order valence-corrected chi connectivity index (χ3v) is 5.20. The Morgan fingerprint density at radius 2 is 1.89 bits per heavy atom. The molecule has 0 aromatic carbocycles. The molecule has 1 aliphatic carbocycles. The summed E-state index contributed by atoms with van der Waals surface area (Å²) in [6.07, 6.45) is -0.443. The number of hydrogen-bond acceptors (Lipinski definition) is 7. The van der Waals surface area contributed by atoms with Crippen molar-refractivity contribution in [2.45, 2.75) is 42.9 Å². The summed E-state index contributed by atoms with van der Waals surface area (Å²) >= 11 is 0. The van der Waals surface area contributed by atoms with Gasteiger partial charge >= 0.3 is 6.18 Å². The van der Waals surface area contributed by atoms with Gasteiger partial charge in [-0.2, -0.15) is 23.0 Å². The molecule has 0 bridgehead atoms. The van der Waals surface area contributed by atoms with E-state index in [0.717, 1.165) is 42.7 Å². The molecule has 0 radical (unpaired) electrons. The van der Waals surface area contributed by atoms with Crippen molar-refractivity contribution >= 4 is 21.9 Å². The monoisotopic (exact) mass is 403 g/mol. The highest BCUT2D eigenvalue weighted by Crippen LogP contribution is 2.36. The number of aldehydes is 1. The minimum absolute atomic E-state index is 0.0940. The van der Waals surface area contributed by atoms with Crippen molar-refractivity contribution in [1.82, 2.24) is 20.0 Å². The van der Waals surface area contributed by atoms with E-state index < -0.39 is 27.3 Å². The maximum atomic E-state index is 13.3. The van der Waals surface area contributed by atoms with Gasteiger partial charge in [-0.05, 0) is 25.0 Å². The Bertz CT molecular complexity index is 948. The lowest BCUT2D eigenvalue weighted by atomic mass is 10.2. The minimum atomic E-state index is -4.84. The summed E-state index contributed by atoms with van der Waals surface area (Å²) in [6.45, 7) is 0. The third kappa shape index (κ3) is 3.94. The summed E-state index contributed by atoms with van der Waals surface area (Å²) in [5, 5.41) is 13.3. The lowest BCUT2D eigenvalue weighted by Gasteiger charge is -2.15. The largest absolute Gasteiger partial charge is 0.435 e. The molecule has 1 N–H and O–H groups in total. The van der Waals surface area contributed by atoms with E-state index in [9.17, 15) is 26.4 Å². The predicted molar refractivity (Wildman–Crippen MR) is 88.5 cm³/mol. The van der Waals surface area contributed by atoms with Crippen LogP contribution in [0.3, 0.4) is 0 Å². The highest BCUT2D eigenvalue weighted by molar-refractivity contribution is 7.90. The summed E-state index contributed by atoms with van der Waals surface area (Å²) in [5.41, 5.74) is -1.96. The average Bonchev–Trinajstić information content (AvgIpc) is 3.21. The van der Waals surface area contributed by atoms with Gasteiger partial charge in [-0.25, -0.2) is 8.42 Å². The Hall–Kier alpha value is -2.50. The van der Waals surface area contributed by atoms with Crippen LogP contribution in [-0.2, 0) is 16.0 Å². The summed E-state index contributed by atoms with van der Waals surface area (Å²) in [5.74, 6) is -0.271. The quantitative estimate of drug-likeness (QED) is 0.763. The van der Waals surface area contributed by atoms with Crippen LogP contribution in [-0.4, -0.2) is 47.0 Å². The van der Waals surface area contributed by atoms with Crippen molar-refractivity contribution in [3.8, 4) is 5.82 Å². The van der Waals surface area contributed by atoms with E-state index in [-0.39, 0.29) is 29.0 Å². The minimum Gasteiger partial charge on any atom is -0.367 e. The van der Waals surface area contributed by atoms with Gasteiger partial charge in [0, 0.05) is 12.3 Å². The maximum Gasteiger partial charge on any atom is 0.435 e. The van der Waals surface area contributed by atoms with Crippen molar-refractivity contribution in [2.75, 3.05) is 11.6 Å². The van der Waals surface area contributed by atoms with E-state index in [1.54, 1.807) is 0 Å². The first-order valence-corrected chi connectivity index (χ1v) is 9.96. The van der Waals surface area contributed by atoms with Gasteiger partial charge in [0.05, 0.1) is 5.56 Å². The van der Waals surface area contributed by atoms with Gasteiger partial charge in [-0.3, -0.25) is 4.79 Å². The molecule has 146 valence electrons. The number of carbonyl (C=O) groups excluding carboxylic acids is 1. The molecule has 1 saturated carbocycles. The summed E-state index contributed by atoms with van der Waals surface area (Å²) in [4.78, 5) is 11.4. The molecule has 12 heteroatoms. The highest BCUT2D eigenvalue weighted by atomic mass is 32.2. The second-order valence-corrected chi connectivity index (χ2v) is 8.23. The van der Waals surface area contributed by atoms with E-state index in [1.807, 2.05) is 0 Å². The SMILES string of the molecule is CS(=O)(=O)c1ccc(-n2nc(C(F)(F)F)c(C=O)c2NC2CCCC2)nn1. The number of carbonyl (C=O) groups is 1. The number of nitrogens with one attached hydrogen (secondary N) is 1. The molecule has 0 amide bonds. The van der Waals surface area contributed by atoms with Crippen molar-refractivity contribution in [1.29, 1.82) is 0 Å². The molecule has 2 heterocycles. The van der Waals surface area contributed by atoms with Gasteiger partial charge in [-0.1, -0.05) is 12.8 Å². The van der Waals surface area contributed by atoms with E-state index in [2.05, 4.69) is 20.6 Å². The lowest BCUT2D eigenvalue weighted by molar-refractivity contribution is -0.141. The van der Waals surface area contributed by atoms with Gasteiger partial charge in [-0.15, -0.1) is 10.2 Å². The Balaban J connectivity index is 2.12. The first kappa shape index (κ1) is 19.3. The van der Waals surface area contributed by atoms with Crippen LogP contribution in [0.2, 0.25) is 0 Å². The van der Waals surface area contributed by atoms with Gasteiger partial charge in [0.15, 0.2) is 32.7 Å². The maximum absolute atomic E-state index is 13.3. The van der Waals surface area contributed by atoms with Crippen LogP contribution >= 0.6 is 0 Å². The normalized spacial score (nSPS) is 15.9. The standard InChI is InChI=1S/C15H16F3N5O3S/c1-27(25,26)12-7-6-11(20-21-12)23-14(19-9-4-2-3-5-9)10(8-24)13(22-23)15(16,17)18/h6-9,19H,2-5H2,1H3. The van der Waals surface area contributed by atoms with Crippen LogP contribution in [0.1, 0.15) is 41.7 Å². The molecule has 27 heavy (non-hydrogen) atoms. The van der Waals surface area contributed by atoms with Crippen LogP contribution in [0.4, 0.5) is 19.0 Å². The number of halogens is 3. The predicted octanol–water partition coefficient (Wildman–Crippen LogP) is 2.25. The van der Waals surface area contributed by atoms with Crippen LogP contribution in [0.15, 0.2) is 17.2 Å². The third-order valence-electron chi connectivity index (χ3n) is 4.23. The molecule has 0 unspecified atom stereocenters. The van der Waals surface area contributed by atoms with Crippen LogP contribution in [0, 0.1) is 0 Å². The van der Waals surface area contributed by atoms with Gasteiger partial charge in [0.25, 0.3) is 0 Å². The number of nitrogens with zero attached hydrogens (tertiary/aromatic N) is 4. The van der Waals surface area contributed by atoms with Crippen molar-refractivity contribution < 1.29 is 26.4 Å². The average molecular weight is 403 g/mol. The molecule has 0 aliphatic heterocycles. The fraction of sp³-hybridized carbons (Fsp3) is 0.467.